The van der Waals surface area contributed by atoms with E-state index in [0.717, 1.165) is 12.8 Å². The van der Waals surface area contributed by atoms with E-state index >= 15 is 0 Å². The second kappa shape index (κ2) is 6.63. The van der Waals surface area contributed by atoms with E-state index in [1.54, 1.807) is 12.3 Å². The number of hydrogen-bond acceptors (Lipinski definition) is 6. The summed E-state index contributed by atoms with van der Waals surface area (Å²) in [6.07, 6.45) is 2.43. The molecule has 0 spiro atoms. The van der Waals surface area contributed by atoms with Crippen molar-refractivity contribution in [3.05, 3.63) is 11.1 Å². The van der Waals surface area contributed by atoms with Gasteiger partial charge in [0, 0.05) is 11.4 Å². The fourth-order valence-electron chi connectivity index (χ4n) is 1.49. The molecular weight excluding hydrogens is 266 g/mol. The number of carbonyl (C=O) groups is 2. The highest BCUT2D eigenvalue weighted by Crippen LogP contribution is 2.18. The third kappa shape index (κ3) is 4.96. The summed E-state index contributed by atoms with van der Waals surface area (Å²) in [7, 11) is 0. The zero-order valence-electron chi connectivity index (χ0n) is 10.8. The first-order valence-electron chi connectivity index (χ1n) is 6.30. The molecule has 1 heterocycles. The van der Waals surface area contributed by atoms with E-state index in [4.69, 9.17) is 4.74 Å². The van der Waals surface area contributed by atoms with Crippen LogP contribution in [0.3, 0.4) is 0 Å². The Labute approximate surface area is 115 Å². The summed E-state index contributed by atoms with van der Waals surface area (Å²) in [4.78, 5) is 27.0. The van der Waals surface area contributed by atoms with Gasteiger partial charge < -0.3 is 15.4 Å². The van der Waals surface area contributed by atoms with E-state index in [9.17, 15) is 9.59 Å². The van der Waals surface area contributed by atoms with Crippen molar-refractivity contribution in [2.24, 2.45) is 0 Å². The van der Waals surface area contributed by atoms with E-state index in [0.29, 0.717) is 30.0 Å². The molecule has 0 saturated heterocycles. The molecule has 0 aromatic carbocycles. The predicted octanol–water partition coefficient (Wildman–Crippen LogP) is 0.939. The van der Waals surface area contributed by atoms with Crippen LogP contribution in [0.2, 0.25) is 0 Å². The van der Waals surface area contributed by atoms with Crippen molar-refractivity contribution in [2.45, 2.75) is 32.2 Å². The number of thiazole rings is 1. The first kappa shape index (κ1) is 14.0. The molecule has 2 N–H and O–H groups in total. The molecule has 7 heteroatoms. The Bertz CT molecular complexity index is 457. The predicted molar refractivity (Wildman–Crippen MR) is 72.1 cm³/mol. The molecule has 1 aromatic heterocycles. The first-order valence-corrected chi connectivity index (χ1v) is 7.18. The zero-order valence-corrected chi connectivity index (χ0v) is 11.6. The summed E-state index contributed by atoms with van der Waals surface area (Å²) >= 11 is 1.31. The minimum atomic E-state index is -0.305. The van der Waals surface area contributed by atoms with Crippen LogP contribution in [0.1, 0.15) is 25.5 Å². The Balaban J connectivity index is 1.75. The van der Waals surface area contributed by atoms with Gasteiger partial charge in [0.1, 0.15) is 0 Å². The lowest BCUT2D eigenvalue weighted by molar-refractivity contribution is -0.142. The van der Waals surface area contributed by atoms with Gasteiger partial charge in [-0.25, -0.2) is 4.98 Å². The monoisotopic (exact) mass is 283 g/mol. The summed E-state index contributed by atoms with van der Waals surface area (Å²) in [6.45, 7) is 2.42. The van der Waals surface area contributed by atoms with Crippen molar-refractivity contribution in [1.29, 1.82) is 0 Å². The maximum atomic E-state index is 11.6. The van der Waals surface area contributed by atoms with Crippen molar-refractivity contribution < 1.29 is 14.3 Å². The summed E-state index contributed by atoms with van der Waals surface area (Å²) in [6, 6.07) is 0.501. The molecule has 1 aliphatic rings. The smallest absolute Gasteiger partial charge is 0.311 e. The molecule has 0 bridgehead atoms. The molecule has 1 aliphatic carbocycles. The molecule has 2 rings (SSSR count). The number of nitrogens with zero attached hydrogens (tertiary/aromatic N) is 1. The van der Waals surface area contributed by atoms with Gasteiger partial charge in [-0.2, -0.15) is 0 Å². The SMILES string of the molecule is CCOC(=O)Cc1csc(NC(=O)CNC2CC2)n1. The molecule has 104 valence electrons. The molecule has 0 unspecified atom stereocenters. The molecule has 6 nitrogen and oxygen atoms in total. The number of carbonyl (C=O) groups excluding carboxylic acids is 2. The van der Waals surface area contributed by atoms with E-state index in [2.05, 4.69) is 15.6 Å². The van der Waals surface area contributed by atoms with Gasteiger partial charge in [0.2, 0.25) is 5.91 Å². The van der Waals surface area contributed by atoms with Gasteiger partial charge in [-0.1, -0.05) is 0 Å². The van der Waals surface area contributed by atoms with E-state index in [-0.39, 0.29) is 18.3 Å². The molecule has 1 saturated carbocycles. The fraction of sp³-hybridized carbons (Fsp3) is 0.583. The highest BCUT2D eigenvalue weighted by atomic mass is 32.1. The third-order valence-electron chi connectivity index (χ3n) is 2.56. The van der Waals surface area contributed by atoms with Crippen LogP contribution < -0.4 is 10.6 Å². The number of rotatable bonds is 7. The number of hydrogen-bond donors (Lipinski definition) is 2. The summed E-state index contributed by atoms with van der Waals surface area (Å²) in [5.41, 5.74) is 0.619. The first-order chi connectivity index (χ1) is 9.17. The normalized spacial score (nSPS) is 14.2. The van der Waals surface area contributed by atoms with Crippen molar-refractivity contribution in [1.82, 2.24) is 10.3 Å². The van der Waals surface area contributed by atoms with Crippen LogP contribution in [0.15, 0.2) is 5.38 Å². The summed E-state index contributed by atoms with van der Waals surface area (Å²) in [5, 5.41) is 8.09. The largest absolute Gasteiger partial charge is 0.466 e. The standard InChI is InChI=1S/C12H17N3O3S/c1-2-18-11(17)5-9-7-19-12(14-9)15-10(16)6-13-8-3-4-8/h7-8,13H,2-6H2,1H3,(H,14,15,16). The summed E-state index contributed by atoms with van der Waals surface area (Å²) in [5.74, 6) is -0.412. The molecule has 1 aromatic rings. The van der Waals surface area contributed by atoms with E-state index < -0.39 is 0 Å². The Morgan fingerprint density at radius 1 is 1.53 bits per heavy atom. The molecule has 1 amide bonds. The number of esters is 1. The maximum Gasteiger partial charge on any atom is 0.311 e. The van der Waals surface area contributed by atoms with Crippen LogP contribution in [0.25, 0.3) is 0 Å². The minimum absolute atomic E-state index is 0.107. The van der Waals surface area contributed by atoms with Crippen LogP contribution in [-0.2, 0) is 20.7 Å². The number of aromatic nitrogens is 1. The second-order valence-electron chi connectivity index (χ2n) is 4.33. The lowest BCUT2D eigenvalue weighted by Gasteiger charge is -2.02. The van der Waals surface area contributed by atoms with Crippen molar-refractivity contribution in [3.63, 3.8) is 0 Å². The van der Waals surface area contributed by atoms with Crippen LogP contribution in [0.4, 0.5) is 5.13 Å². The van der Waals surface area contributed by atoms with Crippen molar-refractivity contribution in [2.75, 3.05) is 18.5 Å². The van der Waals surface area contributed by atoms with E-state index in [1.807, 2.05) is 0 Å². The Hall–Kier alpha value is -1.47. The highest BCUT2D eigenvalue weighted by Gasteiger charge is 2.21. The van der Waals surface area contributed by atoms with Crippen molar-refractivity contribution in [3.8, 4) is 0 Å². The fourth-order valence-corrected chi connectivity index (χ4v) is 2.22. The average molecular weight is 283 g/mol. The highest BCUT2D eigenvalue weighted by molar-refractivity contribution is 7.13. The average Bonchev–Trinajstić information content (AvgIpc) is 3.09. The van der Waals surface area contributed by atoms with Gasteiger partial charge in [0.15, 0.2) is 5.13 Å². The molecule has 1 fully saturated rings. The zero-order chi connectivity index (χ0) is 13.7. The van der Waals surface area contributed by atoms with Gasteiger partial charge in [-0.3, -0.25) is 9.59 Å². The van der Waals surface area contributed by atoms with Crippen LogP contribution in [-0.4, -0.2) is 36.1 Å². The topological polar surface area (TPSA) is 80.3 Å². The van der Waals surface area contributed by atoms with Gasteiger partial charge in [0.25, 0.3) is 0 Å². The number of nitrogens with one attached hydrogen (secondary N) is 2. The van der Waals surface area contributed by atoms with Crippen LogP contribution in [0, 0.1) is 0 Å². The molecule has 0 aliphatic heterocycles. The Kier molecular flexibility index (Phi) is 4.86. The lowest BCUT2D eigenvalue weighted by Crippen LogP contribution is -2.29. The number of amides is 1. The second-order valence-corrected chi connectivity index (χ2v) is 5.19. The Morgan fingerprint density at radius 2 is 2.32 bits per heavy atom. The molecule has 19 heavy (non-hydrogen) atoms. The third-order valence-corrected chi connectivity index (χ3v) is 3.36. The lowest BCUT2D eigenvalue weighted by atomic mass is 10.3. The maximum absolute atomic E-state index is 11.6. The van der Waals surface area contributed by atoms with Crippen LogP contribution in [0.5, 0.6) is 0 Å². The summed E-state index contributed by atoms with van der Waals surface area (Å²) < 4.78 is 4.84. The van der Waals surface area contributed by atoms with Crippen molar-refractivity contribution >= 4 is 28.3 Å². The van der Waals surface area contributed by atoms with Gasteiger partial charge >= 0.3 is 5.97 Å². The quantitative estimate of drug-likeness (QED) is 0.728. The van der Waals surface area contributed by atoms with Crippen LogP contribution >= 0.6 is 11.3 Å². The molecule has 0 radical (unpaired) electrons. The van der Waals surface area contributed by atoms with E-state index in [1.165, 1.54) is 11.3 Å². The number of anilines is 1. The van der Waals surface area contributed by atoms with Gasteiger partial charge in [-0.05, 0) is 19.8 Å². The van der Waals surface area contributed by atoms with Gasteiger partial charge in [-0.15, -0.1) is 11.3 Å². The number of ether oxygens (including phenoxy) is 1. The minimum Gasteiger partial charge on any atom is -0.466 e. The molecular formula is C12H17N3O3S. The Morgan fingerprint density at radius 3 is 3.00 bits per heavy atom. The molecule has 0 atom stereocenters. The van der Waals surface area contributed by atoms with Gasteiger partial charge in [0.05, 0.1) is 25.3 Å².